The molecular weight excluding hydrogens is 416 g/mol. The van der Waals surface area contributed by atoms with Gasteiger partial charge in [0.25, 0.3) is 0 Å². The maximum Gasteiger partial charge on any atom is 0.161 e. The smallest absolute Gasteiger partial charge is 0.161 e. The molecule has 2 aromatic carbocycles. The molecule has 33 heavy (non-hydrogen) atoms. The maximum absolute atomic E-state index is 10.5. The van der Waals surface area contributed by atoms with Crippen molar-refractivity contribution in [1.29, 1.82) is 5.26 Å². The Morgan fingerprint density at radius 2 is 1.70 bits per heavy atom. The molecule has 6 heteroatoms. The van der Waals surface area contributed by atoms with E-state index in [9.17, 15) is 5.26 Å². The molecule has 1 atom stereocenters. The number of hydrogen-bond donors (Lipinski definition) is 0. The minimum absolute atomic E-state index is 0.0191. The van der Waals surface area contributed by atoms with Gasteiger partial charge in [-0.05, 0) is 74.1 Å². The Kier molecular flexibility index (Phi) is 5.93. The number of nitrogens with zero attached hydrogens (tertiary/aromatic N) is 2. The van der Waals surface area contributed by atoms with Crippen molar-refractivity contribution in [2.24, 2.45) is 5.92 Å². The van der Waals surface area contributed by atoms with E-state index in [-0.39, 0.29) is 60.2 Å². The van der Waals surface area contributed by atoms with Crippen molar-refractivity contribution in [3.05, 3.63) is 47.5 Å². The average Bonchev–Trinajstić information content (AvgIpc) is 2.92. The highest BCUT2D eigenvalue weighted by Crippen LogP contribution is 2.40. The summed E-state index contributed by atoms with van der Waals surface area (Å²) in [5.41, 5.74) is -1.40. The van der Waals surface area contributed by atoms with Crippen molar-refractivity contribution in [2.45, 2.75) is 38.4 Å². The van der Waals surface area contributed by atoms with Crippen molar-refractivity contribution in [1.82, 2.24) is 4.90 Å². The van der Waals surface area contributed by atoms with Crippen LogP contribution in [0.1, 0.15) is 50.0 Å². The highest BCUT2D eigenvalue weighted by Gasteiger charge is 2.36. The molecule has 0 aromatic heterocycles. The van der Waals surface area contributed by atoms with Gasteiger partial charge in [0.05, 0.1) is 44.0 Å². The molecule has 0 N–H and O–H groups in total. The van der Waals surface area contributed by atoms with Gasteiger partial charge in [-0.15, -0.1) is 0 Å². The summed E-state index contributed by atoms with van der Waals surface area (Å²) in [7, 11) is 7.31. The molecule has 0 fully saturated rings. The summed E-state index contributed by atoms with van der Waals surface area (Å²) in [5, 5.41) is 10.5. The van der Waals surface area contributed by atoms with E-state index < -0.39 is 25.0 Å². The quantitative estimate of drug-likeness (QED) is 0.412. The molecule has 0 radical (unpaired) electrons. The first-order valence-electron chi connectivity index (χ1n) is 15.1. The monoisotopic (exact) mass is 463 g/mol. The van der Waals surface area contributed by atoms with Gasteiger partial charge in [0.2, 0.25) is 0 Å². The van der Waals surface area contributed by atoms with Crippen LogP contribution in [0, 0.1) is 17.2 Å². The Bertz CT molecular complexity index is 1260. The molecule has 0 aliphatic rings. The van der Waals surface area contributed by atoms with E-state index in [4.69, 9.17) is 31.3 Å². The van der Waals surface area contributed by atoms with E-state index in [2.05, 4.69) is 6.07 Å². The second-order valence-corrected chi connectivity index (χ2v) is 7.66. The molecule has 180 valence electrons. The molecule has 0 bridgehead atoms. The number of benzene rings is 2. The molecular formula is C27H38N2O4. The molecule has 6 nitrogen and oxygen atoms in total. The normalized spacial score (nSPS) is 17.6. The Morgan fingerprint density at radius 3 is 2.30 bits per heavy atom. The summed E-state index contributed by atoms with van der Waals surface area (Å²) in [6.07, 6.45) is 0.427. The molecule has 1 unspecified atom stereocenters. The van der Waals surface area contributed by atoms with E-state index in [1.54, 1.807) is 7.05 Å². The highest BCUT2D eigenvalue weighted by atomic mass is 16.5. The van der Waals surface area contributed by atoms with Crippen LogP contribution in [-0.2, 0) is 11.8 Å². The minimum atomic E-state index is -2.98. The summed E-state index contributed by atoms with van der Waals surface area (Å²) in [5.74, 6) is -1.30. The number of likely N-dealkylation sites (N-methyl/N-ethyl adjacent to an activating group) is 1. The van der Waals surface area contributed by atoms with Gasteiger partial charge < -0.3 is 23.8 Å². The predicted octanol–water partition coefficient (Wildman–Crippen LogP) is 5.09. The van der Waals surface area contributed by atoms with Crippen LogP contribution in [0.25, 0.3) is 0 Å². The van der Waals surface area contributed by atoms with Gasteiger partial charge in [-0.1, -0.05) is 25.8 Å². The summed E-state index contributed by atoms with van der Waals surface area (Å²) >= 11 is 0. The highest BCUT2D eigenvalue weighted by molar-refractivity contribution is 5.47. The third-order valence-corrected chi connectivity index (χ3v) is 5.65. The molecule has 0 aliphatic carbocycles. The number of ether oxygens (including phenoxy) is 4. The summed E-state index contributed by atoms with van der Waals surface area (Å²) < 4.78 is 94.7. The van der Waals surface area contributed by atoms with Crippen LogP contribution in [0.5, 0.6) is 23.0 Å². The minimum Gasteiger partial charge on any atom is -0.493 e. The van der Waals surface area contributed by atoms with Crippen LogP contribution in [0.2, 0.25) is 0 Å². The zero-order valence-corrected chi connectivity index (χ0v) is 19.9. The molecule has 0 saturated carbocycles. The molecule has 0 amide bonds. The fourth-order valence-electron chi connectivity index (χ4n) is 3.62. The van der Waals surface area contributed by atoms with Gasteiger partial charge in [0.15, 0.2) is 23.0 Å². The second-order valence-electron chi connectivity index (χ2n) is 7.66. The van der Waals surface area contributed by atoms with Crippen LogP contribution in [-0.4, -0.2) is 53.5 Å². The SMILES string of the molecule is [2H]c1c([2H])c(OC)c(OC)c([2H])c1CCN(C)CCCC(C#N)(c1ccc(OC)c(OC)c1)C(C([2H])([2H])[2H])C([2H])([2H])[2H]. The van der Waals surface area contributed by atoms with E-state index in [1.807, 2.05) is 4.90 Å². The van der Waals surface area contributed by atoms with Crippen LogP contribution in [0.3, 0.4) is 0 Å². The van der Waals surface area contributed by atoms with Crippen molar-refractivity contribution in [2.75, 3.05) is 48.6 Å². The van der Waals surface area contributed by atoms with Crippen molar-refractivity contribution < 1.29 is 31.3 Å². The first-order chi connectivity index (χ1) is 19.5. The first kappa shape index (κ1) is 15.8. The topological polar surface area (TPSA) is 64.0 Å². The maximum atomic E-state index is 10.5. The summed E-state index contributed by atoms with van der Waals surface area (Å²) in [4.78, 5) is 1.87. The first-order valence-corrected chi connectivity index (χ1v) is 10.6. The zero-order valence-electron chi connectivity index (χ0n) is 28.9. The Morgan fingerprint density at radius 1 is 1.00 bits per heavy atom. The Balaban J connectivity index is 2.39. The van der Waals surface area contributed by atoms with Gasteiger partial charge in [-0.3, -0.25) is 0 Å². The lowest BCUT2D eigenvalue weighted by Crippen LogP contribution is -2.32. The van der Waals surface area contributed by atoms with E-state index in [0.717, 1.165) is 0 Å². The lowest BCUT2D eigenvalue weighted by molar-refractivity contribution is 0.292. The number of hydrogen-bond acceptors (Lipinski definition) is 6. The number of methoxy groups -OCH3 is 4. The van der Waals surface area contributed by atoms with Crippen molar-refractivity contribution in [3.63, 3.8) is 0 Å². The van der Waals surface area contributed by atoms with Crippen molar-refractivity contribution >= 4 is 0 Å². The lowest BCUT2D eigenvalue weighted by atomic mass is 9.69. The lowest BCUT2D eigenvalue weighted by Gasteiger charge is -2.32. The van der Waals surface area contributed by atoms with E-state index in [1.165, 1.54) is 46.6 Å². The Labute approximate surface area is 211 Å². The van der Waals surface area contributed by atoms with Crippen LogP contribution < -0.4 is 18.9 Å². The standard InChI is InChI=1S/C27H38N2O4/c1-20(2)27(19-28,22-10-12-24(31-5)26(18-22)33-7)14-8-15-29(3)16-13-21-9-11-23(30-4)25(17-21)32-6/h9-12,17-18,20H,8,13-16H2,1-7H3/i1D3,2D3,9D,11D,17D. The average molecular weight is 464 g/mol. The third kappa shape index (κ3) is 6.33. The zero-order chi connectivity index (χ0) is 32.0. The van der Waals surface area contributed by atoms with Crippen LogP contribution in [0.15, 0.2) is 36.3 Å². The largest absolute Gasteiger partial charge is 0.493 e. The van der Waals surface area contributed by atoms with Gasteiger partial charge >= 0.3 is 0 Å². The fraction of sp³-hybridized carbons (Fsp3) is 0.519. The number of nitriles is 1. The summed E-state index contributed by atoms with van der Waals surface area (Å²) in [6, 6.07) is 6.19. The number of rotatable bonds is 13. The van der Waals surface area contributed by atoms with Crippen LogP contribution in [0.4, 0.5) is 0 Å². The third-order valence-electron chi connectivity index (χ3n) is 5.65. The second kappa shape index (κ2) is 12.4. The fourth-order valence-corrected chi connectivity index (χ4v) is 3.62. The molecule has 0 heterocycles. The van der Waals surface area contributed by atoms with Gasteiger partial charge in [-0.25, -0.2) is 0 Å². The van der Waals surface area contributed by atoms with E-state index in [0.29, 0.717) is 24.4 Å². The molecule has 0 spiro atoms. The van der Waals surface area contributed by atoms with Gasteiger partial charge in [-0.2, -0.15) is 5.26 Å². The predicted molar refractivity (Wildman–Crippen MR) is 132 cm³/mol. The van der Waals surface area contributed by atoms with E-state index >= 15 is 0 Å². The molecule has 0 aliphatic heterocycles. The van der Waals surface area contributed by atoms with Crippen molar-refractivity contribution in [3.8, 4) is 29.1 Å². The van der Waals surface area contributed by atoms with Crippen LogP contribution >= 0.6 is 0 Å². The van der Waals surface area contributed by atoms with Gasteiger partial charge in [0.1, 0.15) is 0 Å². The molecule has 2 rings (SSSR count). The Hall–Kier alpha value is -2.91. The van der Waals surface area contributed by atoms with Gasteiger partial charge in [0, 0.05) is 14.8 Å². The summed E-state index contributed by atoms with van der Waals surface area (Å²) in [6.45, 7) is -5.23. The molecule has 2 aromatic rings. The molecule has 0 saturated heterocycles.